The van der Waals surface area contributed by atoms with Gasteiger partial charge in [-0.25, -0.2) is 0 Å². The number of rotatable bonds is 1. The lowest BCUT2D eigenvalue weighted by Crippen LogP contribution is -2.32. The van der Waals surface area contributed by atoms with Crippen molar-refractivity contribution in [1.82, 2.24) is 6.15 Å². The van der Waals surface area contributed by atoms with Crippen LogP contribution in [0.4, 0.5) is 0 Å². The lowest BCUT2D eigenvalue weighted by molar-refractivity contribution is 0.425. The Kier molecular flexibility index (Phi) is 4.63. The smallest absolute Gasteiger partial charge is 0.423 e. The fourth-order valence-corrected chi connectivity index (χ4v) is 1.54. The lowest BCUT2D eigenvalue weighted by Gasteiger charge is -2.07. The SMILES string of the molecule is Cc1cc(B(O)O)c(C)cc1Br.N. The molecule has 0 unspecified atom stereocenters. The molecule has 0 heterocycles. The summed E-state index contributed by atoms with van der Waals surface area (Å²) in [7, 11) is -1.38. The highest BCUT2D eigenvalue weighted by Gasteiger charge is 2.14. The zero-order valence-corrected chi connectivity index (χ0v) is 9.30. The van der Waals surface area contributed by atoms with E-state index in [0.717, 1.165) is 15.6 Å². The summed E-state index contributed by atoms with van der Waals surface area (Å²) < 4.78 is 0.990. The van der Waals surface area contributed by atoms with Crippen LogP contribution in [-0.4, -0.2) is 17.2 Å². The highest BCUT2D eigenvalue weighted by Crippen LogP contribution is 2.15. The third-order valence-electron chi connectivity index (χ3n) is 1.83. The van der Waals surface area contributed by atoms with E-state index in [-0.39, 0.29) is 6.15 Å². The molecule has 3 nitrogen and oxygen atoms in total. The van der Waals surface area contributed by atoms with Crippen molar-refractivity contribution in [1.29, 1.82) is 0 Å². The average Bonchev–Trinajstić information content (AvgIpc) is 1.96. The van der Waals surface area contributed by atoms with Gasteiger partial charge in [-0.05, 0) is 30.9 Å². The van der Waals surface area contributed by atoms with Gasteiger partial charge in [-0.1, -0.05) is 27.6 Å². The Bertz CT molecular complexity index is 304. The number of benzene rings is 1. The largest absolute Gasteiger partial charge is 0.488 e. The van der Waals surface area contributed by atoms with Crippen LogP contribution in [0.1, 0.15) is 11.1 Å². The predicted molar refractivity (Wildman–Crippen MR) is 58.5 cm³/mol. The molecule has 0 aliphatic heterocycles. The molecule has 5 N–H and O–H groups in total. The molecule has 0 aliphatic rings. The summed E-state index contributed by atoms with van der Waals surface area (Å²) in [4.78, 5) is 0. The Morgan fingerprint density at radius 2 is 1.69 bits per heavy atom. The third-order valence-corrected chi connectivity index (χ3v) is 2.68. The maximum absolute atomic E-state index is 8.96. The monoisotopic (exact) mass is 245 g/mol. The number of halogens is 1. The van der Waals surface area contributed by atoms with Gasteiger partial charge in [0.2, 0.25) is 0 Å². The first-order valence-electron chi connectivity index (χ1n) is 3.65. The maximum atomic E-state index is 8.96. The second kappa shape index (κ2) is 4.76. The van der Waals surface area contributed by atoms with E-state index < -0.39 is 7.12 Å². The van der Waals surface area contributed by atoms with Crippen molar-refractivity contribution >= 4 is 28.5 Å². The summed E-state index contributed by atoms with van der Waals surface area (Å²) in [5.41, 5.74) is 2.45. The van der Waals surface area contributed by atoms with Gasteiger partial charge in [-0.2, -0.15) is 0 Å². The van der Waals surface area contributed by atoms with Crippen LogP contribution in [0.3, 0.4) is 0 Å². The highest BCUT2D eigenvalue weighted by atomic mass is 79.9. The molecule has 13 heavy (non-hydrogen) atoms. The van der Waals surface area contributed by atoms with Gasteiger partial charge >= 0.3 is 7.12 Å². The second-order valence-electron chi connectivity index (χ2n) is 2.83. The molecule has 0 aromatic heterocycles. The number of aryl methyl sites for hydroxylation is 2. The van der Waals surface area contributed by atoms with E-state index in [1.807, 2.05) is 19.9 Å². The van der Waals surface area contributed by atoms with Crippen molar-refractivity contribution in [3.05, 3.63) is 27.7 Å². The van der Waals surface area contributed by atoms with Crippen LogP contribution in [0, 0.1) is 13.8 Å². The summed E-state index contributed by atoms with van der Waals surface area (Å²) in [5, 5.41) is 17.9. The van der Waals surface area contributed by atoms with E-state index in [2.05, 4.69) is 15.9 Å². The molecule has 0 fully saturated rings. The molecular formula is C8H13BBrNO2. The van der Waals surface area contributed by atoms with Crippen LogP contribution in [0.5, 0.6) is 0 Å². The zero-order chi connectivity index (χ0) is 9.30. The fraction of sp³-hybridized carbons (Fsp3) is 0.250. The second-order valence-corrected chi connectivity index (χ2v) is 3.69. The summed E-state index contributed by atoms with van der Waals surface area (Å²) in [6.45, 7) is 3.76. The van der Waals surface area contributed by atoms with E-state index in [1.165, 1.54) is 0 Å². The van der Waals surface area contributed by atoms with Crippen molar-refractivity contribution in [2.75, 3.05) is 0 Å². The maximum Gasteiger partial charge on any atom is 0.488 e. The predicted octanol–water partition coefficient (Wildman–Crippen LogP) is 0.908. The molecule has 0 saturated carbocycles. The molecule has 1 aromatic rings. The fourth-order valence-electron chi connectivity index (χ4n) is 1.08. The zero-order valence-electron chi connectivity index (χ0n) is 7.71. The molecule has 5 heteroatoms. The van der Waals surface area contributed by atoms with Crippen LogP contribution < -0.4 is 11.6 Å². The summed E-state index contributed by atoms with van der Waals surface area (Å²) in [6, 6.07) is 3.65. The highest BCUT2D eigenvalue weighted by molar-refractivity contribution is 9.10. The van der Waals surface area contributed by atoms with Gasteiger partial charge < -0.3 is 16.2 Å². The molecule has 0 atom stereocenters. The van der Waals surface area contributed by atoms with Gasteiger partial charge in [0.05, 0.1) is 0 Å². The minimum Gasteiger partial charge on any atom is -0.423 e. The van der Waals surface area contributed by atoms with Gasteiger partial charge in [0.1, 0.15) is 0 Å². The Morgan fingerprint density at radius 3 is 2.15 bits per heavy atom. The standard InChI is InChI=1S/C8H10BBrO2.H3N/c1-5-4-8(10)6(2)3-7(5)9(11)12;/h3-4,11-12H,1-2H3;1H3. The average molecular weight is 246 g/mol. The van der Waals surface area contributed by atoms with Gasteiger partial charge in [0.25, 0.3) is 0 Å². The van der Waals surface area contributed by atoms with Gasteiger partial charge in [0, 0.05) is 4.47 Å². The van der Waals surface area contributed by atoms with E-state index in [0.29, 0.717) is 5.46 Å². The molecule has 1 rings (SSSR count). The van der Waals surface area contributed by atoms with Gasteiger partial charge in [-0.15, -0.1) is 0 Å². The van der Waals surface area contributed by atoms with Crippen LogP contribution >= 0.6 is 15.9 Å². The van der Waals surface area contributed by atoms with Crippen LogP contribution in [-0.2, 0) is 0 Å². The lowest BCUT2D eigenvalue weighted by atomic mass is 9.77. The van der Waals surface area contributed by atoms with E-state index in [1.54, 1.807) is 6.07 Å². The number of hydrogen-bond acceptors (Lipinski definition) is 3. The van der Waals surface area contributed by atoms with E-state index >= 15 is 0 Å². The molecule has 72 valence electrons. The minimum absolute atomic E-state index is 0. The van der Waals surface area contributed by atoms with Gasteiger partial charge in [-0.3, -0.25) is 0 Å². The quantitative estimate of drug-likeness (QED) is 0.644. The first-order valence-corrected chi connectivity index (χ1v) is 4.44. The van der Waals surface area contributed by atoms with Crippen LogP contribution in [0.2, 0.25) is 0 Å². The molecule has 0 aliphatic carbocycles. The molecule has 1 aromatic carbocycles. The van der Waals surface area contributed by atoms with Gasteiger partial charge in [0.15, 0.2) is 0 Å². The van der Waals surface area contributed by atoms with E-state index in [9.17, 15) is 0 Å². The Hall–Kier alpha value is -0.355. The van der Waals surface area contributed by atoms with Crippen molar-refractivity contribution in [2.24, 2.45) is 0 Å². The normalized spacial score (nSPS) is 9.31. The summed E-state index contributed by atoms with van der Waals surface area (Å²) in [5.74, 6) is 0. The molecule has 0 saturated heterocycles. The molecular weight excluding hydrogens is 233 g/mol. The molecule has 0 amide bonds. The van der Waals surface area contributed by atoms with Crippen molar-refractivity contribution < 1.29 is 10.0 Å². The summed E-state index contributed by atoms with van der Waals surface area (Å²) >= 11 is 3.37. The summed E-state index contributed by atoms with van der Waals surface area (Å²) in [6.07, 6.45) is 0. The first kappa shape index (κ1) is 12.6. The minimum atomic E-state index is -1.38. The van der Waals surface area contributed by atoms with Crippen LogP contribution in [0.15, 0.2) is 16.6 Å². The van der Waals surface area contributed by atoms with E-state index in [4.69, 9.17) is 10.0 Å². The molecule has 0 bridgehead atoms. The Balaban J connectivity index is 0.00000144. The van der Waals surface area contributed by atoms with Crippen molar-refractivity contribution in [3.63, 3.8) is 0 Å². The Labute approximate surface area is 86.6 Å². The van der Waals surface area contributed by atoms with Crippen LogP contribution in [0.25, 0.3) is 0 Å². The number of hydrogen-bond donors (Lipinski definition) is 3. The third kappa shape index (κ3) is 2.81. The molecule has 0 radical (unpaired) electrons. The Morgan fingerprint density at radius 1 is 1.15 bits per heavy atom. The van der Waals surface area contributed by atoms with Crippen molar-refractivity contribution in [2.45, 2.75) is 13.8 Å². The molecule has 0 spiro atoms. The first-order chi connectivity index (χ1) is 5.52. The topological polar surface area (TPSA) is 75.5 Å². The van der Waals surface area contributed by atoms with Crippen molar-refractivity contribution in [3.8, 4) is 0 Å².